The summed E-state index contributed by atoms with van der Waals surface area (Å²) in [5.74, 6) is -0.141. The van der Waals surface area contributed by atoms with Crippen molar-refractivity contribution in [2.75, 3.05) is 13.1 Å². The van der Waals surface area contributed by atoms with E-state index in [4.69, 9.17) is 0 Å². The molecular weight excluding hydrogens is 366 g/mol. The average molecular weight is 394 g/mol. The Morgan fingerprint density at radius 3 is 2.44 bits per heavy atom. The van der Waals surface area contributed by atoms with Crippen molar-refractivity contribution in [1.29, 1.82) is 0 Å². The molecule has 1 aromatic rings. The lowest BCUT2D eigenvalue weighted by atomic mass is 10.0. The van der Waals surface area contributed by atoms with Gasteiger partial charge in [-0.25, -0.2) is 8.42 Å². The zero-order chi connectivity index (χ0) is 19.3. The van der Waals surface area contributed by atoms with Crippen LogP contribution in [-0.4, -0.2) is 37.6 Å². The van der Waals surface area contributed by atoms with Crippen LogP contribution in [0.5, 0.6) is 0 Å². The van der Waals surface area contributed by atoms with Crippen LogP contribution in [0.3, 0.4) is 0 Å². The molecule has 3 rings (SSSR count). The number of carbonyl (C=O) groups excluding carboxylic acids is 2. The van der Waals surface area contributed by atoms with Crippen LogP contribution in [0.15, 0.2) is 29.2 Å². The van der Waals surface area contributed by atoms with Gasteiger partial charge in [-0.15, -0.1) is 0 Å². The summed E-state index contributed by atoms with van der Waals surface area (Å²) in [7, 11) is -3.58. The summed E-state index contributed by atoms with van der Waals surface area (Å²) in [5, 5.41) is 0. The third-order valence-corrected chi connectivity index (χ3v) is 7.26. The Morgan fingerprint density at radius 2 is 1.74 bits per heavy atom. The fourth-order valence-corrected chi connectivity index (χ4v) is 5.33. The number of carbonyl (C=O) groups is 2. The Balaban J connectivity index is 1.54. The number of nitrogens with one attached hydrogen (secondary N) is 2. The molecule has 148 valence electrons. The summed E-state index contributed by atoms with van der Waals surface area (Å²) in [6, 6.07) is 5.92. The minimum atomic E-state index is -3.58. The first kappa shape index (κ1) is 19.8. The number of sulfonamides is 1. The zero-order valence-electron chi connectivity index (χ0n) is 15.4. The van der Waals surface area contributed by atoms with E-state index >= 15 is 0 Å². The highest BCUT2D eigenvalue weighted by atomic mass is 32.2. The molecule has 1 saturated heterocycles. The Hall–Kier alpha value is -1.93. The molecule has 7 nitrogen and oxygen atoms in total. The first-order chi connectivity index (χ1) is 13.0. The van der Waals surface area contributed by atoms with Crippen LogP contribution in [0, 0.1) is 5.92 Å². The van der Waals surface area contributed by atoms with Gasteiger partial charge in [0, 0.05) is 25.1 Å². The van der Waals surface area contributed by atoms with Crippen LogP contribution in [0.25, 0.3) is 0 Å². The second-order valence-corrected chi connectivity index (χ2v) is 9.27. The summed E-state index contributed by atoms with van der Waals surface area (Å²) < 4.78 is 26.7. The molecule has 0 spiro atoms. The van der Waals surface area contributed by atoms with Crippen LogP contribution in [0.4, 0.5) is 0 Å². The smallest absolute Gasteiger partial charge is 0.269 e. The van der Waals surface area contributed by atoms with Gasteiger partial charge < -0.3 is 0 Å². The van der Waals surface area contributed by atoms with Gasteiger partial charge in [0.15, 0.2) is 0 Å². The minimum absolute atomic E-state index is 0.101. The highest BCUT2D eigenvalue weighted by molar-refractivity contribution is 7.89. The van der Waals surface area contributed by atoms with Gasteiger partial charge in [0.2, 0.25) is 15.9 Å². The molecule has 0 unspecified atom stereocenters. The summed E-state index contributed by atoms with van der Waals surface area (Å²) in [5.41, 5.74) is 5.00. The number of benzene rings is 1. The van der Waals surface area contributed by atoms with Gasteiger partial charge in [0.05, 0.1) is 4.90 Å². The molecule has 1 saturated carbocycles. The van der Waals surface area contributed by atoms with E-state index in [9.17, 15) is 18.0 Å². The Labute approximate surface area is 160 Å². The SMILES string of the molecule is O=C(CCC1CCCC1)NNC(=O)c1cccc(S(=O)(=O)N2CCCC2)c1. The molecule has 0 bridgehead atoms. The average Bonchev–Trinajstić information content (AvgIpc) is 3.38. The number of hydrogen-bond donors (Lipinski definition) is 2. The van der Waals surface area contributed by atoms with Crippen LogP contribution < -0.4 is 10.9 Å². The molecule has 1 aromatic carbocycles. The van der Waals surface area contributed by atoms with E-state index in [1.807, 2.05) is 0 Å². The summed E-state index contributed by atoms with van der Waals surface area (Å²) in [6.45, 7) is 1.02. The standard InChI is InChI=1S/C19H27N3O4S/c23-18(11-10-15-6-1-2-7-15)20-21-19(24)16-8-5-9-17(14-16)27(25,26)22-12-3-4-13-22/h5,8-9,14-15H,1-4,6-7,10-13H2,(H,20,23)(H,21,24). The maximum absolute atomic E-state index is 12.6. The lowest BCUT2D eigenvalue weighted by molar-refractivity contribution is -0.122. The van der Waals surface area contributed by atoms with E-state index in [1.54, 1.807) is 6.07 Å². The topological polar surface area (TPSA) is 95.6 Å². The van der Waals surface area contributed by atoms with Crippen LogP contribution in [0.1, 0.15) is 61.7 Å². The summed E-state index contributed by atoms with van der Waals surface area (Å²) >= 11 is 0. The van der Waals surface area contributed by atoms with Crippen molar-refractivity contribution < 1.29 is 18.0 Å². The molecule has 0 radical (unpaired) electrons. The van der Waals surface area contributed by atoms with Crippen molar-refractivity contribution in [1.82, 2.24) is 15.2 Å². The predicted octanol–water partition coefficient (Wildman–Crippen LogP) is 2.20. The second-order valence-electron chi connectivity index (χ2n) is 7.33. The van der Waals surface area contributed by atoms with Crippen molar-refractivity contribution in [2.24, 2.45) is 5.92 Å². The number of rotatable bonds is 6. The van der Waals surface area contributed by atoms with Crippen LogP contribution >= 0.6 is 0 Å². The first-order valence-corrected chi connectivity index (χ1v) is 11.1. The largest absolute Gasteiger partial charge is 0.273 e. The second kappa shape index (κ2) is 8.84. The molecule has 8 heteroatoms. The number of hydrazine groups is 1. The number of hydrogen-bond acceptors (Lipinski definition) is 4. The monoisotopic (exact) mass is 393 g/mol. The predicted molar refractivity (Wildman–Crippen MR) is 101 cm³/mol. The highest BCUT2D eigenvalue weighted by Gasteiger charge is 2.27. The molecule has 27 heavy (non-hydrogen) atoms. The van der Waals surface area contributed by atoms with Crippen molar-refractivity contribution >= 4 is 21.8 Å². The van der Waals surface area contributed by atoms with Gasteiger partial charge in [-0.1, -0.05) is 31.7 Å². The summed E-state index contributed by atoms with van der Waals surface area (Å²) in [4.78, 5) is 24.3. The molecule has 2 fully saturated rings. The first-order valence-electron chi connectivity index (χ1n) is 9.66. The summed E-state index contributed by atoms with van der Waals surface area (Å²) in [6.07, 6.45) is 7.76. The van der Waals surface area contributed by atoms with Gasteiger partial charge in [-0.2, -0.15) is 4.31 Å². The molecular formula is C19H27N3O4S. The fourth-order valence-electron chi connectivity index (χ4n) is 3.77. The lowest BCUT2D eigenvalue weighted by Crippen LogP contribution is -2.41. The van der Waals surface area contributed by atoms with Gasteiger partial charge in [-0.3, -0.25) is 20.4 Å². The minimum Gasteiger partial charge on any atom is -0.273 e. The van der Waals surface area contributed by atoms with E-state index in [0.717, 1.165) is 19.3 Å². The molecule has 1 aliphatic heterocycles. The van der Waals surface area contributed by atoms with Crippen molar-refractivity contribution in [3.63, 3.8) is 0 Å². The van der Waals surface area contributed by atoms with Gasteiger partial charge in [0.25, 0.3) is 5.91 Å². The Kier molecular flexibility index (Phi) is 6.49. The van der Waals surface area contributed by atoms with Crippen molar-refractivity contribution in [3.8, 4) is 0 Å². The Morgan fingerprint density at radius 1 is 1.04 bits per heavy atom. The molecule has 1 aliphatic carbocycles. The highest BCUT2D eigenvalue weighted by Crippen LogP contribution is 2.28. The zero-order valence-corrected chi connectivity index (χ0v) is 16.3. The third kappa shape index (κ3) is 5.07. The maximum Gasteiger partial charge on any atom is 0.269 e. The van der Waals surface area contributed by atoms with Gasteiger partial charge in [-0.05, 0) is 43.4 Å². The lowest BCUT2D eigenvalue weighted by Gasteiger charge is -2.16. The fraction of sp³-hybridized carbons (Fsp3) is 0.579. The van der Waals surface area contributed by atoms with E-state index < -0.39 is 15.9 Å². The molecule has 2 aliphatic rings. The number of nitrogens with zero attached hydrogens (tertiary/aromatic N) is 1. The van der Waals surface area contributed by atoms with E-state index in [0.29, 0.717) is 25.4 Å². The normalized spacial score (nSPS) is 18.5. The molecule has 0 atom stereocenters. The maximum atomic E-state index is 12.6. The van der Waals surface area contributed by atoms with Crippen molar-refractivity contribution in [2.45, 2.75) is 56.3 Å². The van der Waals surface area contributed by atoms with E-state index in [-0.39, 0.29) is 16.4 Å². The van der Waals surface area contributed by atoms with Crippen molar-refractivity contribution in [3.05, 3.63) is 29.8 Å². The number of amides is 2. The van der Waals surface area contributed by atoms with Gasteiger partial charge >= 0.3 is 0 Å². The Bertz CT molecular complexity index is 782. The molecule has 0 aromatic heterocycles. The van der Waals surface area contributed by atoms with Crippen LogP contribution in [0.2, 0.25) is 0 Å². The quantitative estimate of drug-likeness (QED) is 0.724. The molecule has 2 N–H and O–H groups in total. The molecule has 1 heterocycles. The van der Waals surface area contributed by atoms with Crippen LogP contribution in [-0.2, 0) is 14.8 Å². The third-order valence-electron chi connectivity index (χ3n) is 5.37. The molecule has 2 amide bonds. The van der Waals surface area contributed by atoms with Gasteiger partial charge in [0.1, 0.15) is 0 Å². The van der Waals surface area contributed by atoms with E-state index in [2.05, 4.69) is 10.9 Å². The van der Waals surface area contributed by atoms with E-state index in [1.165, 1.54) is 48.2 Å².